The van der Waals surface area contributed by atoms with Crippen LogP contribution in [0.15, 0.2) is 30.3 Å². The van der Waals surface area contributed by atoms with Crippen molar-refractivity contribution in [1.82, 2.24) is 0 Å². The van der Waals surface area contributed by atoms with E-state index in [0.29, 0.717) is 30.4 Å². The van der Waals surface area contributed by atoms with Gasteiger partial charge in [0, 0.05) is 17.8 Å². The van der Waals surface area contributed by atoms with Crippen molar-refractivity contribution in [3.05, 3.63) is 46.0 Å². The number of carbonyl (C=O) groups excluding carboxylic acids is 2. The third kappa shape index (κ3) is 4.29. The Morgan fingerprint density at radius 3 is 2.19 bits per heavy atom. The number of nitro groups is 1. The van der Waals surface area contributed by atoms with Crippen molar-refractivity contribution >= 4 is 23.3 Å². The van der Waals surface area contributed by atoms with Crippen LogP contribution in [0, 0.1) is 10.1 Å². The van der Waals surface area contributed by atoms with E-state index in [-0.39, 0.29) is 30.3 Å². The Bertz CT molecular complexity index is 1050. The lowest BCUT2D eigenvalue weighted by Gasteiger charge is -2.20. The second-order valence-corrected chi connectivity index (χ2v) is 6.67. The van der Waals surface area contributed by atoms with Crippen molar-refractivity contribution in [3.8, 4) is 23.0 Å². The first-order valence-electron chi connectivity index (χ1n) is 9.42. The van der Waals surface area contributed by atoms with Crippen molar-refractivity contribution in [2.75, 3.05) is 31.7 Å². The molecular formula is C20H18N2O9. The summed E-state index contributed by atoms with van der Waals surface area (Å²) in [6.45, 7) is 2.68. The van der Waals surface area contributed by atoms with Crippen LogP contribution in [-0.2, 0) is 9.53 Å². The number of rotatable bonds is 5. The molecule has 1 N–H and O–H groups in total. The van der Waals surface area contributed by atoms with E-state index in [2.05, 4.69) is 5.32 Å². The van der Waals surface area contributed by atoms with Gasteiger partial charge in [0.15, 0.2) is 29.1 Å². The molecule has 0 aliphatic carbocycles. The summed E-state index contributed by atoms with van der Waals surface area (Å²) in [5.41, 5.74) is -0.426. The molecule has 2 aliphatic heterocycles. The molecule has 0 saturated carbocycles. The molecule has 4 rings (SSSR count). The third-order valence-electron chi connectivity index (χ3n) is 4.54. The van der Waals surface area contributed by atoms with Gasteiger partial charge < -0.3 is 29.0 Å². The van der Waals surface area contributed by atoms with Gasteiger partial charge in [0.1, 0.15) is 32.0 Å². The van der Waals surface area contributed by atoms with Crippen LogP contribution < -0.4 is 24.3 Å². The van der Waals surface area contributed by atoms with Crippen molar-refractivity contribution < 1.29 is 38.2 Å². The molecule has 2 aromatic carbocycles. The molecule has 0 radical (unpaired) electrons. The molecule has 31 heavy (non-hydrogen) atoms. The minimum absolute atomic E-state index is 0.166. The zero-order valence-electron chi connectivity index (χ0n) is 16.4. The van der Waals surface area contributed by atoms with Crippen LogP contribution in [-0.4, -0.2) is 49.3 Å². The predicted octanol–water partition coefficient (Wildman–Crippen LogP) is 2.32. The van der Waals surface area contributed by atoms with Crippen molar-refractivity contribution in [2.45, 2.75) is 13.0 Å². The number of esters is 1. The Morgan fingerprint density at radius 1 is 0.968 bits per heavy atom. The first-order chi connectivity index (χ1) is 14.9. The Labute approximate surface area is 175 Å². The topological polar surface area (TPSA) is 135 Å². The van der Waals surface area contributed by atoms with Crippen LogP contribution in [0.25, 0.3) is 0 Å². The van der Waals surface area contributed by atoms with Crippen LogP contribution in [0.4, 0.5) is 11.4 Å². The summed E-state index contributed by atoms with van der Waals surface area (Å²) >= 11 is 0. The number of carbonyl (C=O) groups is 2. The Balaban J connectivity index is 1.47. The van der Waals surface area contributed by atoms with Gasteiger partial charge in [-0.05, 0) is 19.1 Å². The maximum absolute atomic E-state index is 12.6. The third-order valence-corrected chi connectivity index (χ3v) is 4.54. The lowest BCUT2D eigenvalue weighted by Crippen LogP contribution is -2.30. The van der Waals surface area contributed by atoms with E-state index in [0.717, 1.165) is 6.07 Å². The number of fused-ring (bicyclic) bond motifs is 2. The standard InChI is InChI=1S/C20H18N2O9/c1-11(19(23)21-12-2-3-15-16(8-12)28-5-4-27-15)31-20(24)13-9-17-18(30-7-6-29-17)10-14(13)22(25)26/h2-3,8-11H,4-7H2,1H3,(H,21,23)/t11-/m1/s1. The molecule has 1 amide bonds. The normalized spacial score (nSPS) is 14.9. The summed E-state index contributed by atoms with van der Waals surface area (Å²) in [4.78, 5) is 35.7. The number of hydrogen-bond acceptors (Lipinski definition) is 9. The second-order valence-electron chi connectivity index (χ2n) is 6.67. The number of nitrogens with one attached hydrogen (secondary N) is 1. The molecule has 162 valence electrons. The van der Waals surface area contributed by atoms with Gasteiger partial charge in [0.05, 0.1) is 11.0 Å². The fraction of sp³-hybridized carbons (Fsp3) is 0.300. The van der Waals surface area contributed by atoms with E-state index in [1.807, 2.05) is 0 Å². The van der Waals surface area contributed by atoms with Crippen LogP contribution in [0.1, 0.15) is 17.3 Å². The van der Waals surface area contributed by atoms with E-state index in [4.69, 9.17) is 23.7 Å². The number of benzene rings is 2. The molecular weight excluding hydrogens is 412 g/mol. The van der Waals surface area contributed by atoms with E-state index in [9.17, 15) is 19.7 Å². The van der Waals surface area contributed by atoms with Crippen molar-refractivity contribution in [1.29, 1.82) is 0 Å². The fourth-order valence-corrected chi connectivity index (χ4v) is 3.04. The number of nitro benzene ring substituents is 1. The molecule has 2 aliphatic rings. The summed E-state index contributed by atoms with van der Waals surface area (Å²) in [5, 5.41) is 14.0. The van der Waals surface area contributed by atoms with Crippen LogP contribution >= 0.6 is 0 Å². The molecule has 0 aromatic heterocycles. The van der Waals surface area contributed by atoms with Gasteiger partial charge in [0.25, 0.3) is 11.6 Å². The van der Waals surface area contributed by atoms with E-state index in [1.165, 1.54) is 13.0 Å². The molecule has 11 heteroatoms. The quantitative estimate of drug-likeness (QED) is 0.430. The lowest BCUT2D eigenvalue weighted by molar-refractivity contribution is -0.385. The minimum Gasteiger partial charge on any atom is -0.486 e. The number of nitrogens with zero attached hydrogens (tertiary/aromatic N) is 1. The zero-order valence-corrected chi connectivity index (χ0v) is 16.4. The molecule has 0 saturated heterocycles. The van der Waals surface area contributed by atoms with E-state index in [1.54, 1.807) is 18.2 Å². The van der Waals surface area contributed by atoms with Crippen LogP contribution in [0.3, 0.4) is 0 Å². The van der Waals surface area contributed by atoms with Gasteiger partial charge in [0.2, 0.25) is 0 Å². The maximum Gasteiger partial charge on any atom is 0.346 e. The number of ether oxygens (including phenoxy) is 5. The van der Waals surface area contributed by atoms with E-state index < -0.39 is 28.6 Å². The molecule has 0 spiro atoms. The van der Waals surface area contributed by atoms with Crippen molar-refractivity contribution in [2.24, 2.45) is 0 Å². The summed E-state index contributed by atoms with van der Waals surface area (Å²) in [6.07, 6.45) is -1.23. The summed E-state index contributed by atoms with van der Waals surface area (Å²) in [7, 11) is 0. The van der Waals surface area contributed by atoms with Crippen molar-refractivity contribution in [3.63, 3.8) is 0 Å². The Kier molecular flexibility index (Phi) is 5.48. The second kappa shape index (κ2) is 8.38. The first kappa shape index (κ1) is 20.3. The van der Waals surface area contributed by atoms with Crippen LogP contribution in [0.5, 0.6) is 23.0 Å². The number of hydrogen-bond donors (Lipinski definition) is 1. The number of amides is 1. The monoisotopic (exact) mass is 430 g/mol. The first-order valence-corrected chi connectivity index (χ1v) is 9.42. The fourth-order valence-electron chi connectivity index (χ4n) is 3.04. The van der Waals surface area contributed by atoms with Gasteiger partial charge in [-0.3, -0.25) is 14.9 Å². The highest BCUT2D eigenvalue weighted by Crippen LogP contribution is 2.37. The highest BCUT2D eigenvalue weighted by Gasteiger charge is 2.29. The smallest absolute Gasteiger partial charge is 0.346 e. The maximum atomic E-state index is 12.6. The molecule has 1 atom stereocenters. The van der Waals surface area contributed by atoms with Gasteiger partial charge in [-0.25, -0.2) is 4.79 Å². The molecule has 0 fully saturated rings. The predicted molar refractivity (Wildman–Crippen MR) is 105 cm³/mol. The van der Waals surface area contributed by atoms with Gasteiger partial charge in [-0.15, -0.1) is 0 Å². The Hall–Kier alpha value is -4.02. The van der Waals surface area contributed by atoms with E-state index >= 15 is 0 Å². The van der Waals surface area contributed by atoms with Gasteiger partial charge in [-0.1, -0.05) is 0 Å². The summed E-state index contributed by atoms with van der Waals surface area (Å²) < 4.78 is 26.7. The van der Waals surface area contributed by atoms with Gasteiger partial charge in [-0.2, -0.15) is 0 Å². The summed E-state index contributed by atoms with van der Waals surface area (Å²) in [5.74, 6) is -0.245. The average Bonchev–Trinajstić information content (AvgIpc) is 2.77. The molecule has 0 bridgehead atoms. The minimum atomic E-state index is -1.23. The average molecular weight is 430 g/mol. The summed E-state index contributed by atoms with van der Waals surface area (Å²) in [6, 6.07) is 7.14. The molecule has 2 heterocycles. The molecule has 0 unspecified atom stereocenters. The molecule has 2 aromatic rings. The van der Waals surface area contributed by atoms with Crippen LogP contribution in [0.2, 0.25) is 0 Å². The highest BCUT2D eigenvalue weighted by atomic mass is 16.6. The zero-order chi connectivity index (χ0) is 22.0. The highest BCUT2D eigenvalue weighted by molar-refractivity contribution is 5.99. The SMILES string of the molecule is C[C@@H](OC(=O)c1cc2c(cc1[N+](=O)[O-])OCCO2)C(=O)Nc1ccc2c(c1)OCCO2. The largest absolute Gasteiger partial charge is 0.486 e. The van der Waals surface area contributed by atoms with Gasteiger partial charge >= 0.3 is 5.97 Å². The molecule has 11 nitrogen and oxygen atoms in total. The number of anilines is 1. The lowest BCUT2D eigenvalue weighted by atomic mass is 10.1. The Morgan fingerprint density at radius 2 is 1.55 bits per heavy atom.